The second-order valence-corrected chi connectivity index (χ2v) is 6.33. The third-order valence-electron chi connectivity index (χ3n) is 4.76. The summed E-state index contributed by atoms with van der Waals surface area (Å²) in [7, 11) is 0. The van der Waals surface area contributed by atoms with Gasteiger partial charge in [0.15, 0.2) is 0 Å². The van der Waals surface area contributed by atoms with Crippen molar-refractivity contribution < 1.29 is 9.53 Å². The molecular formula is C18H26N2O2. The quantitative estimate of drug-likeness (QED) is 0.794. The van der Waals surface area contributed by atoms with E-state index in [0.717, 1.165) is 42.2 Å². The van der Waals surface area contributed by atoms with Gasteiger partial charge in [0.2, 0.25) is 0 Å². The maximum atomic E-state index is 11.8. The maximum absolute atomic E-state index is 11.8. The Kier molecular flexibility index (Phi) is 5.33. The third-order valence-corrected chi connectivity index (χ3v) is 4.76. The van der Waals surface area contributed by atoms with Gasteiger partial charge in [-0.15, -0.1) is 0 Å². The molecule has 1 amide bonds. The van der Waals surface area contributed by atoms with Gasteiger partial charge in [-0.25, -0.2) is 0 Å². The number of unbranched alkanes of at least 4 members (excludes halogenated alkanes) is 1. The van der Waals surface area contributed by atoms with Crippen LogP contribution >= 0.6 is 0 Å². The molecule has 2 aliphatic rings. The Morgan fingerprint density at radius 1 is 1.14 bits per heavy atom. The van der Waals surface area contributed by atoms with Crippen molar-refractivity contribution in [2.45, 2.75) is 38.5 Å². The Bertz CT molecular complexity index is 510. The second kappa shape index (κ2) is 7.63. The van der Waals surface area contributed by atoms with Crippen LogP contribution in [0.5, 0.6) is 5.75 Å². The highest BCUT2D eigenvalue weighted by atomic mass is 16.5. The number of carbonyl (C=O) groups excluding carboxylic acids is 1. The molecule has 0 spiro atoms. The van der Waals surface area contributed by atoms with Gasteiger partial charge in [0, 0.05) is 17.7 Å². The van der Waals surface area contributed by atoms with Crippen LogP contribution in [-0.4, -0.2) is 32.1 Å². The Morgan fingerprint density at radius 2 is 2.00 bits per heavy atom. The minimum atomic E-state index is 0.0256. The topological polar surface area (TPSA) is 50.4 Å². The van der Waals surface area contributed by atoms with Crippen molar-refractivity contribution >= 4 is 5.91 Å². The first-order valence-electron chi connectivity index (χ1n) is 8.58. The van der Waals surface area contributed by atoms with Crippen molar-refractivity contribution in [2.24, 2.45) is 5.92 Å². The van der Waals surface area contributed by atoms with Gasteiger partial charge in [-0.2, -0.15) is 0 Å². The fourth-order valence-electron chi connectivity index (χ4n) is 3.46. The Balaban J connectivity index is 1.44. The molecular weight excluding hydrogens is 276 g/mol. The number of benzene rings is 1. The van der Waals surface area contributed by atoms with Gasteiger partial charge in [-0.05, 0) is 63.2 Å². The third kappa shape index (κ3) is 3.80. The molecule has 2 aliphatic heterocycles. The van der Waals surface area contributed by atoms with Gasteiger partial charge < -0.3 is 15.4 Å². The van der Waals surface area contributed by atoms with Crippen LogP contribution in [0.3, 0.4) is 0 Å². The average molecular weight is 302 g/mol. The first kappa shape index (κ1) is 15.3. The number of ether oxygens (including phenoxy) is 1. The molecule has 2 N–H and O–H groups in total. The number of hydrogen-bond acceptors (Lipinski definition) is 3. The zero-order chi connectivity index (χ0) is 15.2. The molecule has 0 aromatic heterocycles. The van der Waals surface area contributed by atoms with E-state index in [1.165, 1.54) is 38.8 Å². The van der Waals surface area contributed by atoms with E-state index in [4.69, 9.17) is 4.74 Å². The van der Waals surface area contributed by atoms with Crippen molar-refractivity contribution in [3.05, 3.63) is 29.3 Å². The van der Waals surface area contributed by atoms with E-state index in [0.29, 0.717) is 6.54 Å². The minimum absolute atomic E-state index is 0.0256. The molecule has 1 aromatic carbocycles. The molecule has 0 atom stereocenters. The largest absolute Gasteiger partial charge is 0.493 e. The van der Waals surface area contributed by atoms with Crippen LogP contribution in [0.15, 0.2) is 18.2 Å². The number of fused-ring (bicyclic) bond motifs is 1. The van der Waals surface area contributed by atoms with E-state index in [2.05, 4.69) is 10.6 Å². The number of carbonyl (C=O) groups is 1. The second-order valence-electron chi connectivity index (χ2n) is 6.33. The van der Waals surface area contributed by atoms with Gasteiger partial charge in [0.05, 0.1) is 6.61 Å². The van der Waals surface area contributed by atoms with E-state index >= 15 is 0 Å². The smallest absolute Gasteiger partial charge is 0.251 e. The molecule has 0 saturated carbocycles. The predicted molar refractivity (Wildman–Crippen MR) is 87.4 cm³/mol. The van der Waals surface area contributed by atoms with Crippen molar-refractivity contribution in [2.75, 3.05) is 26.2 Å². The average Bonchev–Trinajstić information content (AvgIpc) is 2.56. The predicted octanol–water partition coefficient (Wildman–Crippen LogP) is 2.52. The van der Waals surface area contributed by atoms with Crippen LogP contribution in [0.2, 0.25) is 0 Å². The summed E-state index contributed by atoms with van der Waals surface area (Å²) < 4.78 is 5.95. The zero-order valence-corrected chi connectivity index (χ0v) is 13.2. The molecule has 4 nitrogen and oxygen atoms in total. The van der Waals surface area contributed by atoms with Crippen molar-refractivity contribution in [1.82, 2.24) is 10.6 Å². The Morgan fingerprint density at radius 3 is 2.86 bits per heavy atom. The minimum Gasteiger partial charge on any atom is -0.493 e. The molecule has 1 saturated heterocycles. The highest BCUT2D eigenvalue weighted by Crippen LogP contribution is 2.25. The standard InChI is InChI=1S/C18H26N2O2/c21-18-16-5-3-6-17(15(16)9-12-20-18)22-13-2-1-4-14-7-10-19-11-8-14/h3,5-6,14,19H,1-2,4,7-13H2,(H,20,21). The molecule has 120 valence electrons. The lowest BCUT2D eigenvalue weighted by Crippen LogP contribution is -2.32. The van der Waals surface area contributed by atoms with Crippen molar-refractivity contribution in [3.63, 3.8) is 0 Å². The number of amides is 1. The van der Waals surface area contributed by atoms with E-state index in [-0.39, 0.29) is 5.91 Å². The van der Waals surface area contributed by atoms with Crippen LogP contribution in [0.25, 0.3) is 0 Å². The molecule has 1 fully saturated rings. The SMILES string of the molecule is O=C1NCCc2c(OCCCCC3CCNCC3)cccc21. The number of nitrogens with one attached hydrogen (secondary N) is 2. The lowest BCUT2D eigenvalue weighted by atomic mass is 9.93. The first-order chi connectivity index (χ1) is 10.8. The summed E-state index contributed by atoms with van der Waals surface area (Å²) in [4.78, 5) is 11.8. The van der Waals surface area contributed by atoms with Gasteiger partial charge in [0.1, 0.15) is 5.75 Å². The van der Waals surface area contributed by atoms with Crippen LogP contribution < -0.4 is 15.4 Å². The fourth-order valence-corrected chi connectivity index (χ4v) is 3.46. The van der Waals surface area contributed by atoms with Gasteiger partial charge >= 0.3 is 0 Å². The summed E-state index contributed by atoms with van der Waals surface area (Å²) >= 11 is 0. The first-order valence-corrected chi connectivity index (χ1v) is 8.58. The highest BCUT2D eigenvalue weighted by Gasteiger charge is 2.19. The van der Waals surface area contributed by atoms with Gasteiger partial charge in [-0.3, -0.25) is 4.79 Å². The molecule has 2 heterocycles. The fraction of sp³-hybridized carbons (Fsp3) is 0.611. The lowest BCUT2D eigenvalue weighted by Gasteiger charge is -2.22. The van der Waals surface area contributed by atoms with Crippen LogP contribution in [0.4, 0.5) is 0 Å². The summed E-state index contributed by atoms with van der Waals surface area (Å²) in [5, 5.41) is 6.29. The molecule has 0 aliphatic carbocycles. The summed E-state index contributed by atoms with van der Waals surface area (Å²) in [5.41, 5.74) is 1.85. The van der Waals surface area contributed by atoms with Crippen molar-refractivity contribution in [3.8, 4) is 5.75 Å². The van der Waals surface area contributed by atoms with Crippen LogP contribution in [-0.2, 0) is 6.42 Å². The van der Waals surface area contributed by atoms with E-state index < -0.39 is 0 Å². The zero-order valence-electron chi connectivity index (χ0n) is 13.2. The maximum Gasteiger partial charge on any atom is 0.251 e. The highest BCUT2D eigenvalue weighted by molar-refractivity contribution is 5.97. The molecule has 22 heavy (non-hydrogen) atoms. The van der Waals surface area contributed by atoms with E-state index in [1.54, 1.807) is 0 Å². The lowest BCUT2D eigenvalue weighted by molar-refractivity contribution is 0.0945. The monoisotopic (exact) mass is 302 g/mol. The summed E-state index contributed by atoms with van der Waals surface area (Å²) in [6, 6.07) is 5.78. The van der Waals surface area contributed by atoms with Gasteiger partial charge in [0.25, 0.3) is 5.91 Å². The van der Waals surface area contributed by atoms with Crippen LogP contribution in [0, 0.1) is 5.92 Å². The van der Waals surface area contributed by atoms with Crippen LogP contribution in [0.1, 0.15) is 48.0 Å². The Labute approximate surface area is 132 Å². The molecule has 3 rings (SSSR count). The number of rotatable bonds is 6. The number of hydrogen-bond donors (Lipinski definition) is 2. The van der Waals surface area contributed by atoms with E-state index in [1.807, 2.05) is 18.2 Å². The van der Waals surface area contributed by atoms with Gasteiger partial charge in [-0.1, -0.05) is 12.5 Å². The molecule has 4 heteroatoms. The van der Waals surface area contributed by atoms with E-state index in [9.17, 15) is 4.79 Å². The summed E-state index contributed by atoms with van der Waals surface area (Å²) in [6.07, 6.45) is 7.16. The summed E-state index contributed by atoms with van der Waals surface area (Å²) in [5.74, 6) is 1.82. The normalized spacial score (nSPS) is 18.6. The molecule has 0 radical (unpaired) electrons. The number of piperidine rings is 1. The molecule has 1 aromatic rings. The molecule has 0 unspecified atom stereocenters. The molecule has 0 bridgehead atoms. The Hall–Kier alpha value is -1.55. The summed E-state index contributed by atoms with van der Waals surface area (Å²) in [6.45, 7) is 3.82. The van der Waals surface area contributed by atoms with Crippen molar-refractivity contribution in [1.29, 1.82) is 0 Å².